The molecule has 1 N–H and O–H groups in total. The monoisotopic (exact) mass is 230 g/mol. The van der Waals surface area contributed by atoms with Crippen molar-refractivity contribution in [3.63, 3.8) is 0 Å². The van der Waals surface area contributed by atoms with E-state index in [1.165, 1.54) is 38.0 Å². The molecule has 0 aromatic carbocycles. The Morgan fingerprint density at radius 1 is 1.47 bits per heavy atom. The molecule has 1 unspecified atom stereocenters. The van der Waals surface area contributed by atoms with Gasteiger partial charge in [-0.15, -0.1) is 0 Å². The van der Waals surface area contributed by atoms with Crippen molar-refractivity contribution in [1.82, 2.24) is 19.9 Å². The number of aryl methyl sites for hydroxylation is 1. The van der Waals surface area contributed by atoms with Gasteiger partial charge in [-0.05, 0) is 56.8 Å². The number of fused-ring (bicyclic) bond motifs is 1. The molecular formula is C13H18N4. The molecule has 0 amide bonds. The zero-order valence-electron chi connectivity index (χ0n) is 9.97. The van der Waals surface area contributed by atoms with Gasteiger partial charge in [0.15, 0.2) is 5.65 Å². The third kappa shape index (κ3) is 2.31. The molecule has 0 saturated carbocycles. The van der Waals surface area contributed by atoms with Crippen molar-refractivity contribution < 1.29 is 0 Å². The maximum atomic E-state index is 4.37. The van der Waals surface area contributed by atoms with Crippen LogP contribution in [-0.2, 0) is 6.42 Å². The summed E-state index contributed by atoms with van der Waals surface area (Å²) in [4.78, 5) is 4.37. The second-order valence-corrected chi connectivity index (χ2v) is 4.79. The number of rotatable bonds is 3. The number of nitrogens with zero attached hydrogens (tertiary/aromatic N) is 3. The second-order valence-electron chi connectivity index (χ2n) is 4.79. The standard InChI is InChI=1S/C13H18N4/c1-3-11(9-14-7-1)5-6-12-10-15-13-4-2-8-16-17(12)13/h2,4,8,10-11,14H,1,3,5-7,9H2. The highest BCUT2D eigenvalue weighted by molar-refractivity contribution is 5.37. The van der Waals surface area contributed by atoms with Gasteiger partial charge in [0.25, 0.3) is 0 Å². The molecule has 0 bridgehead atoms. The Hall–Kier alpha value is -1.42. The predicted molar refractivity (Wildman–Crippen MR) is 66.9 cm³/mol. The number of hydrogen-bond acceptors (Lipinski definition) is 3. The summed E-state index contributed by atoms with van der Waals surface area (Å²) in [7, 11) is 0. The number of piperidine rings is 1. The van der Waals surface area contributed by atoms with Crippen LogP contribution in [0.25, 0.3) is 5.65 Å². The van der Waals surface area contributed by atoms with Gasteiger partial charge in [0.05, 0.1) is 11.9 Å². The lowest BCUT2D eigenvalue weighted by molar-refractivity contribution is 0.356. The first-order valence-electron chi connectivity index (χ1n) is 6.42. The van der Waals surface area contributed by atoms with Crippen LogP contribution < -0.4 is 5.32 Å². The topological polar surface area (TPSA) is 42.2 Å². The highest BCUT2D eigenvalue weighted by Crippen LogP contribution is 2.17. The van der Waals surface area contributed by atoms with Crippen LogP contribution in [0.1, 0.15) is 25.0 Å². The van der Waals surface area contributed by atoms with Crippen LogP contribution in [0, 0.1) is 5.92 Å². The van der Waals surface area contributed by atoms with Gasteiger partial charge in [0.1, 0.15) is 0 Å². The molecule has 0 radical (unpaired) electrons. The molecule has 0 aliphatic carbocycles. The van der Waals surface area contributed by atoms with Crippen LogP contribution in [0.4, 0.5) is 0 Å². The van der Waals surface area contributed by atoms with Crippen LogP contribution in [0.3, 0.4) is 0 Å². The van der Waals surface area contributed by atoms with Gasteiger partial charge >= 0.3 is 0 Å². The van der Waals surface area contributed by atoms with Crippen molar-refractivity contribution in [2.75, 3.05) is 13.1 Å². The highest BCUT2D eigenvalue weighted by Gasteiger charge is 2.13. The fourth-order valence-corrected chi connectivity index (χ4v) is 2.57. The molecule has 90 valence electrons. The Balaban J connectivity index is 1.68. The van der Waals surface area contributed by atoms with E-state index in [-0.39, 0.29) is 0 Å². The third-order valence-corrected chi connectivity index (χ3v) is 3.56. The van der Waals surface area contributed by atoms with Crippen molar-refractivity contribution in [3.05, 3.63) is 30.2 Å². The Morgan fingerprint density at radius 3 is 3.35 bits per heavy atom. The van der Waals surface area contributed by atoms with Crippen LogP contribution in [-0.4, -0.2) is 27.7 Å². The van der Waals surface area contributed by atoms with E-state index in [2.05, 4.69) is 15.4 Å². The summed E-state index contributed by atoms with van der Waals surface area (Å²) in [5, 5.41) is 7.81. The maximum absolute atomic E-state index is 4.37. The van der Waals surface area contributed by atoms with Crippen LogP contribution in [0.2, 0.25) is 0 Å². The molecule has 1 aliphatic heterocycles. The van der Waals surface area contributed by atoms with Crippen LogP contribution in [0.15, 0.2) is 24.5 Å². The summed E-state index contributed by atoms with van der Waals surface area (Å²) < 4.78 is 1.95. The van der Waals surface area contributed by atoms with E-state index in [4.69, 9.17) is 0 Å². The molecule has 1 saturated heterocycles. The summed E-state index contributed by atoms with van der Waals surface area (Å²) in [6.45, 7) is 2.36. The number of nitrogens with one attached hydrogen (secondary N) is 1. The first-order chi connectivity index (χ1) is 8.43. The van der Waals surface area contributed by atoms with Crippen molar-refractivity contribution in [1.29, 1.82) is 0 Å². The first-order valence-corrected chi connectivity index (χ1v) is 6.42. The van der Waals surface area contributed by atoms with E-state index in [0.717, 1.165) is 18.0 Å². The van der Waals surface area contributed by atoms with Gasteiger partial charge in [0, 0.05) is 6.20 Å². The smallest absolute Gasteiger partial charge is 0.153 e. The second kappa shape index (κ2) is 4.84. The average molecular weight is 230 g/mol. The minimum absolute atomic E-state index is 0.818. The summed E-state index contributed by atoms with van der Waals surface area (Å²) >= 11 is 0. The molecule has 1 aliphatic rings. The minimum Gasteiger partial charge on any atom is -0.316 e. The highest BCUT2D eigenvalue weighted by atomic mass is 15.2. The largest absolute Gasteiger partial charge is 0.316 e. The normalized spacial score (nSPS) is 20.8. The van der Waals surface area contributed by atoms with Gasteiger partial charge < -0.3 is 5.32 Å². The van der Waals surface area contributed by atoms with E-state index in [1.54, 1.807) is 0 Å². The van der Waals surface area contributed by atoms with E-state index in [9.17, 15) is 0 Å². The summed E-state index contributed by atoms with van der Waals surface area (Å²) in [5.74, 6) is 0.818. The van der Waals surface area contributed by atoms with E-state index in [0.29, 0.717) is 0 Å². The summed E-state index contributed by atoms with van der Waals surface area (Å²) in [5.41, 5.74) is 2.18. The number of hydrogen-bond donors (Lipinski definition) is 1. The maximum Gasteiger partial charge on any atom is 0.153 e. The predicted octanol–water partition coefficient (Wildman–Crippen LogP) is 1.66. The van der Waals surface area contributed by atoms with Crippen molar-refractivity contribution in [3.8, 4) is 0 Å². The van der Waals surface area contributed by atoms with E-state index >= 15 is 0 Å². The van der Waals surface area contributed by atoms with Crippen LogP contribution in [0.5, 0.6) is 0 Å². The SMILES string of the molecule is c1cnn2c(CCC3CCCNC3)cnc2c1. The van der Waals surface area contributed by atoms with E-state index < -0.39 is 0 Å². The van der Waals surface area contributed by atoms with Crippen molar-refractivity contribution >= 4 is 5.65 Å². The molecule has 3 rings (SSSR count). The zero-order chi connectivity index (χ0) is 11.5. The van der Waals surface area contributed by atoms with Gasteiger partial charge in [-0.2, -0.15) is 5.10 Å². The van der Waals surface area contributed by atoms with Gasteiger partial charge in [-0.3, -0.25) is 0 Å². The molecule has 1 fully saturated rings. The molecule has 2 aromatic rings. The first kappa shape index (κ1) is 10.7. The fourth-order valence-electron chi connectivity index (χ4n) is 2.57. The lowest BCUT2D eigenvalue weighted by Gasteiger charge is -2.22. The molecule has 0 spiro atoms. The summed E-state index contributed by atoms with van der Waals surface area (Å²) in [6, 6.07) is 3.93. The molecule has 1 atom stereocenters. The Bertz CT molecular complexity index is 485. The molecular weight excluding hydrogens is 212 g/mol. The average Bonchev–Trinajstić information content (AvgIpc) is 2.81. The molecule has 4 nitrogen and oxygen atoms in total. The molecule has 3 heterocycles. The lowest BCUT2D eigenvalue weighted by Crippen LogP contribution is -2.30. The Morgan fingerprint density at radius 2 is 2.47 bits per heavy atom. The van der Waals surface area contributed by atoms with Gasteiger partial charge in [0.2, 0.25) is 0 Å². The fraction of sp³-hybridized carbons (Fsp3) is 0.538. The molecule has 2 aromatic heterocycles. The van der Waals surface area contributed by atoms with Crippen molar-refractivity contribution in [2.24, 2.45) is 5.92 Å². The summed E-state index contributed by atoms with van der Waals surface area (Å²) in [6.07, 6.45) is 8.76. The number of imidazole rings is 1. The lowest BCUT2D eigenvalue weighted by atomic mass is 9.94. The number of aromatic nitrogens is 3. The van der Waals surface area contributed by atoms with Gasteiger partial charge in [-0.25, -0.2) is 9.50 Å². The Kier molecular flexibility index (Phi) is 3.05. The van der Waals surface area contributed by atoms with Crippen molar-refractivity contribution in [2.45, 2.75) is 25.7 Å². The van der Waals surface area contributed by atoms with E-state index in [1.807, 2.05) is 29.0 Å². The molecule has 4 heteroatoms. The molecule has 17 heavy (non-hydrogen) atoms. The van der Waals surface area contributed by atoms with Crippen LogP contribution >= 0.6 is 0 Å². The minimum atomic E-state index is 0.818. The zero-order valence-corrected chi connectivity index (χ0v) is 9.97. The quantitative estimate of drug-likeness (QED) is 0.872. The third-order valence-electron chi connectivity index (χ3n) is 3.56. The Labute approximate surface area is 101 Å². The van der Waals surface area contributed by atoms with Gasteiger partial charge in [-0.1, -0.05) is 0 Å².